The van der Waals surface area contributed by atoms with Crippen molar-refractivity contribution >= 4 is 37.5 Å². The highest BCUT2D eigenvalue weighted by Crippen LogP contribution is 2.34. The van der Waals surface area contributed by atoms with E-state index in [-0.39, 0.29) is 39.7 Å². The summed E-state index contributed by atoms with van der Waals surface area (Å²) in [7, 11) is -3.91. The first-order valence-corrected chi connectivity index (χ1v) is 11.2. The molecule has 6 nitrogen and oxygen atoms in total. The number of sulfone groups is 1. The first-order chi connectivity index (χ1) is 14.4. The second kappa shape index (κ2) is 8.04. The molecule has 1 aliphatic rings. The SMILES string of the molecule is O=C(OCCOc1cccc(Br)c1)c1ccc2c(c1)S(=O)(=O)c1ccccc1C2=O. The molecule has 152 valence electrons. The molecule has 0 bridgehead atoms. The fourth-order valence-corrected chi connectivity index (χ4v) is 5.20. The van der Waals surface area contributed by atoms with Crippen LogP contribution in [0.25, 0.3) is 0 Å². The third-order valence-corrected chi connectivity index (χ3v) is 6.90. The number of ether oxygens (including phenoxy) is 2. The zero-order chi connectivity index (χ0) is 21.3. The molecule has 3 aromatic rings. The molecule has 0 saturated heterocycles. The van der Waals surface area contributed by atoms with Gasteiger partial charge in [-0.2, -0.15) is 0 Å². The lowest BCUT2D eigenvalue weighted by Crippen LogP contribution is -2.21. The van der Waals surface area contributed by atoms with Crippen molar-refractivity contribution in [1.82, 2.24) is 0 Å². The van der Waals surface area contributed by atoms with E-state index in [0.29, 0.717) is 5.75 Å². The Hall–Kier alpha value is -2.97. The van der Waals surface area contributed by atoms with Crippen LogP contribution in [0.5, 0.6) is 5.75 Å². The summed E-state index contributed by atoms with van der Waals surface area (Å²) in [5.41, 5.74) is 0.222. The predicted molar refractivity (Wildman–Crippen MR) is 112 cm³/mol. The quantitative estimate of drug-likeness (QED) is 0.312. The van der Waals surface area contributed by atoms with E-state index in [4.69, 9.17) is 9.47 Å². The predicted octanol–water partition coefficient (Wildman–Crippen LogP) is 4.06. The summed E-state index contributed by atoms with van der Waals surface area (Å²) < 4.78 is 37.4. The molecule has 0 aromatic heterocycles. The number of hydrogen-bond acceptors (Lipinski definition) is 6. The standard InChI is InChI=1S/C22H15BrO6S/c23-15-4-3-5-16(13-15)28-10-11-29-22(25)14-8-9-18-20(12-14)30(26,27)19-7-2-1-6-17(19)21(18)24/h1-9,12-13H,10-11H2. The highest BCUT2D eigenvalue weighted by molar-refractivity contribution is 9.10. The molecule has 0 N–H and O–H groups in total. The molecule has 1 aliphatic heterocycles. The summed E-state index contributed by atoms with van der Waals surface area (Å²) in [6.07, 6.45) is 0. The Morgan fingerprint density at radius 3 is 2.43 bits per heavy atom. The van der Waals surface area contributed by atoms with Crippen LogP contribution in [-0.2, 0) is 14.6 Å². The number of fused-ring (bicyclic) bond motifs is 2. The van der Waals surface area contributed by atoms with Gasteiger partial charge in [0, 0.05) is 15.6 Å². The Morgan fingerprint density at radius 2 is 1.63 bits per heavy atom. The van der Waals surface area contributed by atoms with Gasteiger partial charge in [-0.05, 0) is 48.5 Å². The molecule has 0 unspecified atom stereocenters. The smallest absolute Gasteiger partial charge is 0.338 e. The van der Waals surface area contributed by atoms with E-state index in [1.807, 2.05) is 12.1 Å². The van der Waals surface area contributed by atoms with Gasteiger partial charge in [0.2, 0.25) is 9.84 Å². The van der Waals surface area contributed by atoms with Gasteiger partial charge in [-0.3, -0.25) is 4.79 Å². The van der Waals surface area contributed by atoms with Crippen molar-refractivity contribution in [2.45, 2.75) is 9.79 Å². The number of hydrogen-bond donors (Lipinski definition) is 0. The fourth-order valence-electron chi connectivity index (χ4n) is 3.15. The van der Waals surface area contributed by atoms with E-state index < -0.39 is 21.6 Å². The minimum absolute atomic E-state index is 0.0169. The van der Waals surface area contributed by atoms with Gasteiger partial charge in [-0.15, -0.1) is 0 Å². The summed E-state index contributed by atoms with van der Waals surface area (Å²) in [6, 6.07) is 17.2. The maximum Gasteiger partial charge on any atom is 0.338 e. The van der Waals surface area contributed by atoms with Crippen LogP contribution in [0.2, 0.25) is 0 Å². The maximum absolute atomic E-state index is 12.9. The van der Waals surface area contributed by atoms with Crippen molar-refractivity contribution in [2.24, 2.45) is 0 Å². The Morgan fingerprint density at radius 1 is 0.867 bits per heavy atom. The highest BCUT2D eigenvalue weighted by atomic mass is 79.9. The molecule has 1 heterocycles. The number of rotatable bonds is 5. The van der Waals surface area contributed by atoms with Gasteiger partial charge in [0.05, 0.1) is 15.4 Å². The molecule has 0 fully saturated rings. The first-order valence-electron chi connectivity index (χ1n) is 8.96. The van der Waals surface area contributed by atoms with Crippen LogP contribution in [0, 0.1) is 0 Å². The molecule has 8 heteroatoms. The second-order valence-electron chi connectivity index (χ2n) is 6.48. The summed E-state index contributed by atoms with van der Waals surface area (Å²) in [5, 5.41) is 0. The van der Waals surface area contributed by atoms with Gasteiger partial charge < -0.3 is 9.47 Å². The minimum Gasteiger partial charge on any atom is -0.490 e. The molecular weight excluding hydrogens is 472 g/mol. The molecule has 0 spiro atoms. The largest absolute Gasteiger partial charge is 0.490 e. The molecule has 0 amide bonds. The molecule has 4 rings (SSSR count). The fraction of sp³-hybridized carbons (Fsp3) is 0.0909. The highest BCUT2D eigenvalue weighted by Gasteiger charge is 2.35. The molecule has 30 heavy (non-hydrogen) atoms. The van der Waals surface area contributed by atoms with Crippen LogP contribution in [0.1, 0.15) is 26.3 Å². The topological polar surface area (TPSA) is 86.7 Å². The molecule has 0 radical (unpaired) electrons. The van der Waals surface area contributed by atoms with Gasteiger partial charge in [-0.25, -0.2) is 13.2 Å². The van der Waals surface area contributed by atoms with Crippen LogP contribution in [0.4, 0.5) is 0 Å². The van der Waals surface area contributed by atoms with E-state index in [1.165, 1.54) is 30.3 Å². The van der Waals surface area contributed by atoms with E-state index in [2.05, 4.69) is 15.9 Å². The van der Waals surface area contributed by atoms with Gasteiger partial charge in [0.25, 0.3) is 0 Å². The number of benzene rings is 3. The molecule has 0 atom stereocenters. The average molecular weight is 487 g/mol. The van der Waals surface area contributed by atoms with Crippen LogP contribution in [-0.4, -0.2) is 33.4 Å². The van der Waals surface area contributed by atoms with Crippen LogP contribution < -0.4 is 4.74 Å². The van der Waals surface area contributed by atoms with E-state index in [0.717, 1.165) is 4.47 Å². The molecular formula is C22H15BrO6S. The number of carbonyl (C=O) groups excluding carboxylic acids is 2. The van der Waals surface area contributed by atoms with Crippen molar-refractivity contribution in [3.05, 3.63) is 87.9 Å². The Labute approximate surface area is 181 Å². The normalized spacial score (nSPS) is 13.8. The Balaban J connectivity index is 1.49. The monoisotopic (exact) mass is 486 g/mol. The molecule has 3 aromatic carbocycles. The van der Waals surface area contributed by atoms with Crippen molar-refractivity contribution < 1.29 is 27.5 Å². The molecule has 0 aliphatic carbocycles. The van der Waals surface area contributed by atoms with Gasteiger partial charge in [-0.1, -0.05) is 34.1 Å². The Kier molecular flexibility index (Phi) is 5.44. The van der Waals surface area contributed by atoms with Crippen LogP contribution in [0.15, 0.2) is 81.0 Å². The van der Waals surface area contributed by atoms with E-state index in [9.17, 15) is 18.0 Å². The van der Waals surface area contributed by atoms with Gasteiger partial charge in [0.15, 0.2) is 5.78 Å². The first kappa shape index (κ1) is 20.3. The lowest BCUT2D eigenvalue weighted by Gasteiger charge is -2.19. The zero-order valence-electron chi connectivity index (χ0n) is 15.5. The second-order valence-corrected chi connectivity index (χ2v) is 9.28. The summed E-state index contributed by atoms with van der Waals surface area (Å²) in [6.45, 7) is 0.119. The van der Waals surface area contributed by atoms with E-state index >= 15 is 0 Å². The third kappa shape index (κ3) is 3.76. The number of halogens is 1. The van der Waals surface area contributed by atoms with Crippen LogP contribution >= 0.6 is 15.9 Å². The number of ketones is 1. The zero-order valence-corrected chi connectivity index (χ0v) is 17.9. The van der Waals surface area contributed by atoms with Crippen molar-refractivity contribution in [1.29, 1.82) is 0 Å². The molecule has 0 saturated carbocycles. The third-order valence-electron chi connectivity index (χ3n) is 4.55. The lowest BCUT2D eigenvalue weighted by molar-refractivity contribution is 0.0450. The summed E-state index contributed by atoms with van der Waals surface area (Å²) >= 11 is 3.34. The van der Waals surface area contributed by atoms with E-state index in [1.54, 1.807) is 24.3 Å². The van der Waals surface area contributed by atoms with Gasteiger partial charge in [0.1, 0.15) is 19.0 Å². The maximum atomic E-state index is 12.9. The summed E-state index contributed by atoms with van der Waals surface area (Å²) in [5.74, 6) is -0.465. The van der Waals surface area contributed by atoms with Crippen molar-refractivity contribution in [3.8, 4) is 5.75 Å². The summed E-state index contributed by atoms with van der Waals surface area (Å²) in [4.78, 5) is 24.8. The van der Waals surface area contributed by atoms with Crippen molar-refractivity contribution in [3.63, 3.8) is 0 Å². The number of esters is 1. The minimum atomic E-state index is -3.91. The van der Waals surface area contributed by atoms with Crippen molar-refractivity contribution in [2.75, 3.05) is 13.2 Å². The average Bonchev–Trinajstić information content (AvgIpc) is 2.75. The lowest BCUT2D eigenvalue weighted by atomic mass is 10.0. The van der Waals surface area contributed by atoms with Gasteiger partial charge >= 0.3 is 5.97 Å². The van der Waals surface area contributed by atoms with Crippen LogP contribution in [0.3, 0.4) is 0 Å². The Bertz CT molecular complexity index is 1270. The number of carbonyl (C=O) groups is 2.